The Labute approximate surface area is 130 Å². The van der Waals surface area contributed by atoms with Gasteiger partial charge in [-0.1, -0.05) is 12.1 Å². The minimum Gasteiger partial charge on any atom is -0.496 e. The van der Waals surface area contributed by atoms with E-state index in [1.165, 1.54) is 6.20 Å². The highest BCUT2D eigenvalue weighted by Crippen LogP contribution is 2.24. The van der Waals surface area contributed by atoms with E-state index < -0.39 is 5.82 Å². The normalized spacial score (nSPS) is 11.9. The summed E-state index contributed by atoms with van der Waals surface area (Å²) in [7, 11) is 5.13. The quantitative estimate of drug-likeness (QED) is 0.919. The summed E-state index contributed by atoms with van der Waals surface area (Å²) < 4.78 is 18.9. The highest BCUT2D eigenvalue weighted by atomic mass is 19.1. The van der Waals surface area contributed by atoms with E-state index in [1.807, 2.05) is 32.0 Å². The van der Waals surface area contributed by atoms with Crippen LogP contribution in [0.25, 0.3) is 0 Å². The minimum atomic E-state index is -0.441. The van der Waals surface area contributed by atoms with Crippen molar-refractivity contribution in [3.8, 4) is 5.75 Å². The molecule has 6 heteroatoms. The largest absolute Gasteiger partial charge is 0.496 e. The molecular weight excluding hydrogens is 283 g/mol. The Morgan fingerprint density at radius 2 is 2.05 bits per heavy atom. The zero-order chi connectivity index (χ0) is 16.3. The minimum absolute atomic E-state index is 0.00919. The van der Waals surface area contributed by atoms with Gasteiger partial charge in [0.25, 0.3) is 0 Å². The van der Waals surface area contributed by atoms with Crippen LogP contribution >= 0.6 is 0 Å². The van der Waals surface area contributed by atoms with Gasteiger partial charge in [-0.15, -0.1) is 0 Å². The Morgan fingerprint density at radius 1 is 1.32 bits per heavy atom. The van der Waals surface area contributed by atoms with Crippen molar-refractivity contribution in [3.63, 3.8) is 0 Å². The number of nitrogens with one attached hydrogen (secondary N) is 1. The molecule has 5 nitrogen and oxygen atoms in total. The molecule has 0 fully saturated rings. The van der Waals surface area contributed by atoms with Gasteiger partial charge in [-0.2, -0.15) is 4.98 Å². The van der Waals surface area contributed by atoms with Crippen LogP contribution in [0, 0.1) is 12.7 Å². The lowest BCUT2D eigenvalue weighted by Crippen LogP contribution is -2.16. The Bertz CT molecular complexity index is 661. The molecule has 1 heterocycles. The third-order valence-electron chi connectivity index (χ3n) is 3.41. The van der Waals surface area contributed by atoms with Crippen LogP contribution in [-0.2, 0) is 0 Å². The smallest absolute Gasteiger partial charge is 0.225 e. The van der Waals surface area contributed by atoms with Crippen LogP contribution in [0.3, 0.4) is 0 Å². The van der Waals surface area contributed by atoms with Gasteiger partial charge in [-0.3, -0.25) is 0 Å². The molecule has 1 aromatic heterocycles. The van der Waals surface area contributed by atoms with Crippen molar-refractivity contribution >= 4 is 11.8 Å². The lowest BCUT2D eigenvalue weighted by atomic mass is 10.1. The topological polar surface area (TPSA) is 50.3 Å². The van der Waals surface area contributed by atoms with Gasteiger partial charge in [-0.25, -0.2) is 9.37 Å². The van der Waals surface area contributed by atoms with Crippen molar-refractivity contribution in [3.05, 3.63) is 41.3 Å². The van der Waals surface area contributed by atoms with Crippen molar-refractivity contribution in [2.45, 2.75) is 19.9 Å². The van der Waals surface area contributed by atoms with Crippen LogP contribution in [0.1, 0.15) is 24.1 Å². The second-order valence-electron chi connectivity index (χ2n) is 5.35. The first-order valence-electron chi connectivity index (χ1n) is 7.03. The van der Waals surface area contributed by atoms with Crippen LogP contribution in [0.15, 0.2) is 24.4 Å². The number of rotatable bonds is 5. The Hall–Kier alpha value is -2.37. The molecular formula is C16H21FN4O. The summed E-state index contributed by atoms with van der Waals surface area (Å²) in [5, 5.41) is 3.19. The fraction of sp³-hybridized carbons (Fsp3) is 0.375. The Kier molecular flexibility index (Phi) is 4.80. The van der Waals surface area contributed by atoms with Crippen LogP contribution in [0.5, 0.6) is 5.75 Å². The van der Waals surface area contributed by atoms with Gasteiger partial charge in [-0.05, 0) is 31.0 Å². The Morgan fingerprint density at radius 3 is 2.64 bits per heavy atom. The number of aromatic nitrogens is 2. The second-order valence-corrected chi connectivity index (χ2v) is 5.35. The average Bonchev–Trinajstić information content (AvgIpc) is 2.48. The number of halogens is 1. The summed E-state index contributed by atoms with van der Waals surface area (Å²) >= 11 is 0. The van der Waals surface area contributed by atoms with E-state index in [-0.39, 0.29) is 11.9 Å². The maximum absolute atomic E-state index is 13.6. The fourth-order valence-electron chi connectivity index (χ4n) is 2.19. The van der Waals surface area contributed by atoms with Crippen LogP contribution < -0.4 is 15.0 Å². The molecule has 22 heavy (non-hydrogen) atoms. The predicted octanol–water partition coefficient (Wildman–Crippen LogP) is 3.17. The number of nitrogens with zero attached hydrogens (tertiary/aromatic N) is 3. The fourth-order valence-corrected chi connectivity index (χ4v) is 2.19. The predicted molar refractivity (Wildman–Crippen MR) is 86.1 cm³/mol. The monoisotopic (exact) mass is 304 g/mol. The average molecular weight is 304 g/mol. The second kappa shape index (κ2) is 6.60. The molecule has 0 bridgehead atoms. The van der Waals surface area contributed by atoms with Crippen LogP contribution in [-0.4, -0.2) is 31.2 Å². The molecule has 1 unspecified atom stereocenters. The summed E-state index contributed by atoms with van der Waals surface area (Å²) in [5.41, 5.74) is 2.14. The highest BCUT2D eigenvalue weighted by molar-refractivity contribution is 5.44. The molecule has 0 aliphatic heterocycles. The van der Waals surface area contributed by atoms with Gasteiger partial charge in [0.05, 0.1) is 19.3 Å². The molecule has 0 radical (unpaired) electrons. The number of hydrogen-bond acceptors (Lipinski definition) is 5. The maximum Gasteiger partial charge on any atom is 0.225 e. The molecule has 0 aliphatic carbocycles. The number of anilines is 2. The van der Waals surface area contributed by atoms with E-state index in [0.717, 1.165) is 16.9 Å². The SMILES string of the molecule is COc1ccc(C(C)Nc2ncc(F)c(N(C)C)n2)cc1C. The van der Waals surface area contributed by atoms with Crippen molar-refractivity contribution in [1.82, 2.24) is 9.97 Å². The molecule has 2 aromatic rings. The molecule has 118 valence electrons. The van der Waals surface area contributed by atoms with Gasteiger partial charge in [0.15, 0.2) is 11.6 Å². The zero-order valence-corrected chi connectivity index (χ0v) is 13.5. The Balaban J connectivity index is 2.20. The van der Waals surface area contributed by atoms with E-state index in [4.69, 9.17) is 4.74 Å². The van der Waals surface area contributed by atoms with Crippen molar-refractivity contribution in [2.24, 2.45) is 0 Å². The molecule has 0 aliphatic rings. The number of hydrogen-bond donors (Lipinski definition) is 1. The summed E-state index contributed by atoms with van der Waals surface area (Å²) in [6.45, 7) is 4.00. The van der Waals surface area contributed by atoms with Gasteiger partial charge in [0, 0.05) is 14.1 Å². The molecule has 1 atom stereocenters. The van der Waals surface area contributed by atoms with Gasteiger partial charge in [0.2, 0.25) is 5.95 Å². The van der Waals surface area contributed by atoms with E-state index in [9.17, 15) is 4.39 Å². The molecule has 0 amide bonds. The third kappa shape index (κ3) is 3.44. The lowest BCUT2D eigenvalue weighted by molar-refractivity contribution is 0.411. The molecule has 0 spiro atoms. The molecule has 0 saturated carbocycles. The first-order valence-corrected chi connectivity index (χ1v) is 7.03. The first kappa shape index (κ1) is 16.0. The summed E-state index contributed by atoms with van der Waals surface area (Å²) in [6.07, 6.45) is 1.18. The van der Waals surface area contributed by atoms with E-state index in [0.29, 0.717) is 5.95 Å². The van der Waals surface area contributed by atoms with Crippen molar-refractivity contribution < 1.29 is 9.13 Å². The molecule has 1 aromatic carbocycles. The van der Waals surface area contributed by atoms with Crippen molar-refractivity contribution in [1.29, 1.82) is 0 Å². The van der Waals surface area contributed by atoms with Crippen molar-refractivity contribution in [2.75, 3.05) is 31.4 Å². The standard InChI is InChI=1S/C16H21FN4O/c1-10-8-12(6-7-14(10)22-5)11(2)19-16-18-9-13(17)15(20-16)21(3)4/h6-9,11H,1-5H3,(H,18,19,20). The number of methoxy groups -OCH3 is 1. The maximum atomic E-state index is 13.6. The highest BCUT2D eigenvalue weighted by Gasteiger charge is 2.12. The number of ether oxygens (including phenoxy) is 1. The summed E-state index contributed by atoms with van der Waals surface area (Å²) in [4.78, 5) is 9.81. The van der Waals surface area contributed by atoms with Crippen LogP contribution in [0.4, 0.5) is 16.2 Å². The summed E-state index contributed by atoms with van der Waals surface area (Å²) in [5.74, 6) is 1.06. The first-order chi connectivity index (χ1) is 10.4. The molecule has 0 saturated heterocycles. The lowest BCUT2D eigenvalue weighted by Gasteiger charge is -2.18. The van der Waals surface area contributed by atoms with E-state index >= 15 is 0 Å². The molecule has 2 rings (SSSR count). The van der Waals surface area contributed by atoms with Gasteiger partial charge in [0.1, 0.15) is 5.75 Å². The molecule has 1 N–H and O–H groups in total. The third-order valence-corrected chi connectivity index (χ3v) is 3.41. The number of aryl methyl sites for hydroxylation is 1. The van der Waals surface area contributed by atoms with E-state index in [2.05, 4.69) is 15.3 Å². The van der Waals surface area contributed by atoms with E-state index in [1.54, 1.807) is 26.1 Å². The number of benzene rings is 1. The summed E-state index contributed by atoms with van der Waals surface area (Å²) in [6, 6.07) is 5.96. The van der Waals surface area contributed by atoms with Gasteiger partial charge >= 0.3 is 0 Å². The van der Waals surface area contributed by atoms with Crippen LogP contribution in [0.2, 0.25) is 0 Å². The zero-order valence-electron chi connectivity index (χ0n) is 13.5. The van der Waals surface area contributed by atoms with Gasteiger partial charge < -0.3 is 15.0 Å².